The molecule has 6 heteroatoms. The molecule has 1 aliphatic heterocycles. The van der Waals surface area contributed by atoms with E-state index in [1.807, 2.05) is 6.07 Å². The quantitative estimate of drug-likeness (QED) is 0.817. The minimum Gasteiger partial charge on any atom is -0.494 e. The van der Waals surface area contributed by atoms with E-state index in [4.69, 9.17) is 9.47 Å². The lowest BCUT2D eigenvalue weighted by molar-refractivity contribution is 0.183. The maximum atomic E-state index is 5.84. The lowest BCUT2D eigenvalue weighted by Gasteiger charge is -2.17. The smallest absolute Gasteiger partial charge is 0.316 e. The molecule has 0 bridgehead atoms. The number of rotatable bonds is 5. The van der Waals surface area contributed by atoms with Crippen molar-refractivity contribution in [1.29, 1.82) is 0 Å². The minimum absolute atomic E-state index is 0.135. The maximum Gasteiger partial charge on any atom is 0.316 e. The van der Waals surface area contributed by atoms with Gasteiger partial charge < -0.3 is 9.47 Å². The van der Waals surface area contributed by atoms with Crippen LogP contribution < -0.4 is 9.47 Å². The minimum atomic E-state index is 0.135. The van der Waals surface area contributed by atoms with Gasteiger partial charge in [0, 0.05) is 24.1 Å². The first-order chi connectivity index (χ1) is 10.7. The lowest BCUT2D eigenvalue weighted by atomic mass is 10.2. The predicted molar refractivity (Wildman–Crippen MR) is 87.0 cm³/mol. The van der Waals surface area contributed by atoms with Crippen molar-refractivity contribution in [3.8, 4) is 11.8 Å². The first-order valence-electron chi connectivity index (χ1n) is 7.23. The first kappa shape index (κ1) is 15.2. The van der Waals surface area contributed by atoms with Gasteiger partial charge in [-0.05, 0) is 18.1 Å². The fourth-order valence-corrected chi connectivity index (χ4v) is 2.93. The second-order valence-corrected chi connectivity index (χ2v) is 6.11. The van der Waals surface area contributed by atoms with Crippen LogP contribution in [0.1, 0.15) is 12.0 Å². The molecule has 0 saturated carbocycles. The second-order valence-electron chi connectivity index (χ2n) is 5.26. The van der Waals surface area contributed by atoms with Gasteiger partial charge in [-0.1, -0.05) is 34.1 Å². The lowest BCUT2D eigenvalue weighted by Crippen LogP contribution is -2.25. The zero-order chi connectivity index (χ0) is 15.4. The van der Waals surface area contributed by atoms with Crippen molar-refractivity contribution in [2.75, 3.05) is 20.2 Å². The predicted octanol–water partition coefficient (Wildman–Crippen LogP) is 2.90. The van der Waals surface area contributed by atoms with E-state index in [0.29, 0.717) is 11.8 Å². The summed E-state index contributed by atoms with van der Waals surface area (Å²) in [7, 11) is 1.59. The summed E-state index contributed by atoms with van der Waals surface area (Å²) in [5.74, 6) is 0.634. The molecule has 1 aliphatic rings. The molecule has 3 rings (SSSR count). The number of hydrogen-bond acceptors (Lipinski definition) is 5. The van der Waals surface area contributed by atoms with Crippen LogP contribution in [-0.4, -0.2) is 41.2 Å². The van der Waals surface area contributed by atoms with E-state index < -0.39 is 0 Å². The topological polar surface area (TPSA) is 47.5 Å². The summed E-state index contributed by atoms with van der Waals surface area (Å²) in [6.45, 7) is 2.82. The number of methoxy groups -OCH3 is 1. The van der Waals surface area contributed by atoms with Crippen molar-refractivity contribution in [2.24, 2.45) is 0 Å². The van der Waals surface area contributed by atoms with Gasteiger partial charge in [0.15, 0.2) is 5.75 Å². The number of hydrogen-bond donors (Lipinski definition) is 0. The van der Waals surface area contributed by atoms with Crippen LogP contribution >= 0.6 is 15.9 Å². The van der Waals surface area contributed by atoms with E-state index in [1.54, 1.807) is 19.5 Å². The van der Waals surface area contributed by atoms with Gasteiger partial charge in [0.25, 0.3) is 0 Å². The van der Waals surface area contributed by atoms with Gasteiger partial charge in [-0.3, -0.25) is 4.90 Å². The molecule has 2 heterocycles. The van der Waals surface area contributed by atoms with Crippen molar-refractivity contribution in [1.82, 2.24) is 14.9 Å². The van der Waals surface area contributed by atoms with E-state index in [9.17, 15) is 0 Å². The molecule has 0 amide bonds. The van der Waals surface area contributed by atoms with E-state index in [2.05, 4.69) is 49.0 Å². The van der Waals surface area contributed by atoms with Gasteiger partial charge >= 0.3 is 6.01 Å². The van der Waals surface area contributed by atoms with Crippen molar-refractivity contribution < 1.29 is 9.47 Å². The SMILES string of the molecule is COc1cnc(OC2CCN(Cc3ccccc3Br)C2)nc1. The Morgan fingerprint density at radius 3 is 2.77 bits per heavy atom. The Morgan fingerprint density at radius 1 is 1.27 bits per heavy atom. The van der Waals surface area contributed by atoms with E-state index >= 15 is 0 Å². The van der Waals surface area contributed by atoms with Gasteiger partial charge in [-0.2, -0.15) is 9.97 Å². The van der Waals surface area contributed by atoms with Crippen LogP contribution in [0.5, 0.6) is 11.8 Å². The van der Waals surface area contributed by atoms with Gasteiger partial charge in [0.05, 0.1) is 19.5 Å². The molecule has 116 valence electrons. The van der Waals surface area contributed by atoms with Gasteiger partial charge in [-0.25, -0.2) is 0 Å². The fourth-order valence-electron chi connectivity index (χ4n) is 2.52. The summed E-state index contributed by atoms with van der Waals surface area (Å²) in [5, 5.41) is 0. The van der Waals surface area contributed by atoms with Gasteiger partial charge in [0.2, 0.25) is 0 Å². The molecule has 1 fully saturated rings. The summed E-state index contributed by atoms with van der Waals surface area (Å²) < 4.78 is 12.0. The van der Waals surface area contributed by atoms with Gasteiger partial charge in [-0.15, -0.1) is 0 Å². The maximum absolute atomic E-state index is 5.84. The molecule has 1 aromatic heterocycles. The number of likely N-dealkylation sites (tertiary alicyclic amines) is 1. The highest BCUT2D eigenvalue weighted by Crippen LogP contribution is 2.22. The Kier molecular flexibility index (Phi) is 4.90. The van der Waals surface area contributed by atoms with Crippen LogP contribution in [0, 0.1) is 0 Å². The summed E-state index contributed by atoms with van der Waals surface area (Å²) >= 11 is 3.60. The monoisotopic (exact) mass is 363 g/mol. The molecule has 1 saturated heterocycles. The molecule has 1 aromatic carbocycles. The first-order valence-corrected chi connectivity index (χ1v) is 8.02. The molecule has 1 unspecified atom stereocenters. The highest BCUT2D eigenvalue weighted by molar-refractivity contribution is 9.10. The average molecular weight is 364 g/mol. The molecular weight excluding hydrogens is 346 g/mol. The highest BCUT2D eigenvalue weighted by Gasteiger charge is 2.25. The molecule has 0 spiro atoms. The van der Waals surface area contributed by atoms with Gasteiger partial charge in [0.1, 0.15) is 6.10 Å². The summed E-state index contributed by atoms with van der Waals surface area (Å²) in [6.07, 6.45) is 4.36. The number of aromatic nitrogens is 2. The van der Waals surface area contributed by atoms with E-state index in [1.165, 1.54) is 5.56 Å². The largest absolute Gasteiger partial charge is 0.494 e. The van der Waals surface area contributed by atoms with E-state index in [-0.39, 0.29) is 6.10 Å². The Morgan fingerprint density at radius 2 is 2.05 bits per heavy atom. The third-order valence-corrected chi connectivity index (χ3v) is 4.47. The number of benzene rings is 1. The fraction of sp³-hybridized carbons (Fsp3) is 0.375. The molecule has 5 nitrogen and oxygen atoms in total. The van der Waals surface area contributed by atoms with Crippen LogP contribution in [0.2, 0.25) is 0 Å². The summed E-state index contributed by atoms with van der Waals surface area (Å²) in [6, 6.07) is 8.73. The Hall–Kier alpha value is -1.66. The van der Waals surface area contributed by atoms with Crippen molar-refractivity contribution in [2.45, 2.75) is 19.1 Å². The summed E-state index contributed by atoms with van der Waals surface area (Å²) in [5.41, 5.74) is 1.30. The van der Waals surface area contributed by atoms with Crippen molar-refractivity contribution >= 4 is 15.9 Å². The zero-order valence-electron chi connectivity index (χ0n) is 12.4. The highest BCUT2D eigenvalue weighted by atomic mass is 79.9. The van der Waals surface area contributed by atoms with E-state index in [0.717, 1.165) is 30.5 Å². The van der Waals surface area contributed by atoms with Crippen LogP contribution in [-0.2, 0) is 6.54 Å². The number of nitrogens with zero attached hydrogens (tertiary/aromatic N) is 3. The van der Waals surface area contributed by atoms with Crippen molar-refractivity contribution in [3.63, 3.8) is 0 Å². The second kappa shape index (κ2) is 7.07. The molecule has 22 heavy (non-hydrogen) atoms. The third kappa shape index (κ3) is 3.75. The molecular formula is C16H18BrN3O2. The third-order valence-electron chi connectivity index (χ3n) is 3.69. The molecule has 2 aromatic rings. The zero-order valence-corrected chi connectivity index (χ0v) is 14.0. The Balaban J connectivity index is 1.54. The number of ether oxygens (including phenoxy) is 2. The molecule has 0 N–H and O–H groups in total. The Bertz CT molecular complexity index is 621. The average Bonchev–Trinajstić information content (AvgIpc) is 2.97. The Labute approximate surface area is 138 Å². The van der Waals surface area contributed by atoms with Crippen LogP contribution in [0.4, 0.5) is 0 Å². The number of halogens is 1. The molecule has 0 radical (unpaired) electrons. The standard InChI is InChI=1S/C16H18BrN3O2/c1-21-14-8-18-16(19-9-14)22-13-6-7-20(11-13)10-12-4-2-3-5-15(12)17/h2-5,8-9,13H,6-7,10-11H2,1H3. The molecule has 1 atom stereocenters. The summed E-state index contributed by atoms with van der Waals surface area (Å²) in [4.78, 5) is 10.7. The van der Waals surface area contributed by atoms with Crippen LogP contribution in [0.3, 0.4) is 0 Å². The normalized spacial score (nSPS) is 18.4. The van der Waals surface area contributed by atoms with Crippen LogP contribution in [0.25, 0.3) is 0 Å². The van der Waals surface area contributed by atoms with Crippen molar-refractivity contribution in [3.05, 3.63) is 46.7 Å². The molecule has 0 aliphatic carbocycles. The van der Waals surface area contributed by atoms with Crippen LogP contribution in [0.15, 0.2) is 41.1 Å².